The average molecular weight is 299 g/mol. The summed E-state index contributed by atoms with van der Waals surface area (Å²) >= 11 is 0. The molecule has 0 aliphatic heterocycles. The topological polar surface area (TPSA) is 129 Å². The third kappa shape index (κ3) is 3.17. The second-order valence-corrected chi connectivity index (χ2v) is 7.02. The Balaban J connectivity index is 3.18. The third-order valence-electron chi connectivity index (χ3n) is 3.23. The van der Waals surface area contributed by atoms with E-state index >= 15 is 0 Å². The molecule has 1 atom stereocenters. The van der Waals surface area contributed by atoms with Gasteiger partial charge >= 0.3 is 0 Å². The highest BCUT2D eigenvalue weighted by atomic mass is 32.2. The van der Waals surface area contributed by atoms with Crippen LogP contribution < -0.4 is 17.2 Å². The number of primary amides is 1. The minimum Gasteiger partial charge on any atom is -0.367 e. The molecule has 7 heteroatoms. The molecule has 1 amide bonds. The van der Waals surface area contributed by atoms with Crippen LogP contribution in [-0.2, 0) is 14.6 Å². The van der Waals surface area contributed by atoms with Gasteiger partial charge < -0.3 is 17.2 Å². The molecule has 0 radical (unpaired) electrons. The fourth-order valence-electron chi connectivity index (χ4n) is 1.85. The molecule has 0 heterocycles. The summed E-state index contributed by atoms with van der Waals surface area (Å²) in [7, 11) is -4.03. The van der Waals surface area contributed by atoms with Crippen molar-refractivity contribution in [1.29, 1.82) is 0 Å². The Morgan fingerprint density at radius 3 is 2.20 bits per heavy atom. The summed E-state index contributed by atoms with van der Waals surface area (Å²) in [6.45, 7) is 2.24. The number of carbonyl (C=O) groups is 1. The first kappa shape index (κ1) is 16.6. The zero-order valence-electron chi connectivity index (χ0n) is 11.5. The predicted molar refractivity (Wildman–Crippen MR) is 77.4 cm³/mol. The van der Waals surface area contributed by atoms with Gasteiger partial charge in [-0.05, 0) is 44.9 Å². The van der Waals surface area contributed by atoms with E-state index in [1.807, 2.05) is 6.92 Å². The van der Waals surface area contributed by atoms with E-state index in [0.29, 0.717) is 19.4 Å². The minimum absolute atomic E-state index is 0.00264. The molecule has 112 valence electrons. The number of rotatable bonds is 7. The number of hydrogen-bond donors (Lipinski definition) is 3. The molecular formula is C13H21N3O3S. The second-order valence-electron chi connectivity index (χ2n) is 4.82. The largest absolute Gasteiger partial charge is 0.367 e. The van der Waals surface area contributed by atoms with Crippen molar-refractivity contribution in [2.24, 2.45) is 17.2 Å². The van der Waals surface area contributed by atoms with Crippen LogP contribution in [0.2, 0.25) is 0 Å². The number of hydrogen-bond acceptors (Lipinski definition) is 5. The van der Waals surface area contributed by atoms with E-state index in [0.717, 1.165) is 5.56 Å². The number of sulfone groups is 1. The van der Waals surface area contributed by atoms with Gasteiger partial charge in [0.1, 0.15) is 0 Å². The Morgan fingerprint density at radius 2 is 1.75 bits per heavy atom. The second kappa shape index (κ2) is 6.34. The van der Waals surface area contributed by atoms with Gasteiger partial charge in [0.05, 0.1) is 4.90 Å². The lowest BCUT2D eigenvalue weighted by atomic mass is 10.1. The Bertz CT molecular complexity index is 569. The molecule has 0 unspecified atom stereocenters. The van der Waals surface area contributed by atoms with Gasteiger partial charge in [0.25, 0.3) is 5.91 Å². The lowest BCUT2D eigenvalue weighted by molar-refractivity contribution is -0.120. The Kier molecular flexibility index (Phi) is 5.27. The SMILES string of the molecule is Cc1ccc(S(=O)(=O)[C@](N)(CCCCN)C(N)=O)cc1. The van der Waals surface area contributed by atoms with Crippen LogP contribution in [0.25, 0.3) is 0 Å². The summed E-state index contributed by atoms with van der Waals surface area (Å²) < 4.78 is 25.1. The fourth-order valence-corrected chi connectivity index (χ4v) is 3.44. The number of carbonyl (C=O) groups excluding carboxylic acids is 1. The molecule has 1 aromatic carbocycles. The fraction of sp³-hybridized carbons (Fsp3) is 0.462. The maximum absolute atomic E-state index is 12.5. The highest BCUT2D eigenvalue weighted by molar-refractivity contribution is 7.93. The Labute approximate surface area is 119 Å². The van der Waals surface area contributed by atoms with E-state index in [2.05, 4.69) is 0 Å². The Morgan fingerprint density at radius 1 is 1.20 bits per heavy atom. The number of nitrogens with two attached hydrogens (primary N) is 3. The maximum atomic E-state index is 12.5. The van der Waals surface area contributed by atoms with Gasteiger partial charge in [0.2, 0.25) is 14.7 Å². The van der Waals surface area contributed by atoms with Crippen LogP contribution in [0.4, 0.5) is 0 Å². The van der Waals surface area contributed by atoms with Crippen molar-refractivity contribution in [2.45, 2.75) is 36.0 Å². The van der Waals surface area contributed by atoms with Crippen LogP contribution in [0.5, 0.6) is 0 Å². The van der Waals surface area contributed by atoms with Gasteiger partial charge in [-0.1, -0.05) is 17.7 Å². The molecule has 20 heavy (non-hydrogen) atoms. The molecule has 0 spiro atoms. The van der Waals surface area contributed by atoms with Crippen LogP contribution in [0.15, 0.2) is 29.2 Å². The van der Waals surface area contributed by atoms with E-state index in [4.69, 9.17) is 17.2 Å². The molecule has 1 aromatic rings. The van der Waals surface area contributed by atoms with E-state index in [1.165, 1.54) is 12.1 Å². The lowest BCUT2D eigenvalue weighted by Crippen LogP contribution is -2.57. The van der Waals surface area contributed by atoms with Crippen LogP contribution in [0.3, 0.4) is 0 Å². The highest BCUT2D eigenvalue weighted by Gasteiger charge is 2.46. The number of benzene rings is 1. The Hall–Kier alpha value is -1.44. The number of unbranched alkanes of at least 4 members (excludes halogenated alkanes) is 1. The minimum atomic E-state index is -4.03. The van der Waals surface area contributed by atoms with Gasteiger partial charge in [-0.15, -0.1) is 0 Å². The molecule has 0 aromatic heterocycles. The normalized spacial score (nSPS) is 14.8. The van der Waals surface area contributed by atoms with Crippen molar-refractivity contribution in [3.63, 3.8) is 0 Å². The molecule has 6 nitrogen and oxygen atoms in total. The molecule has 0 fully saturated rings. The maximum Gasteiger partial charge on any atom is 0.253 e. The van der Waals surface area contributed by atoms with E-state index in [9.17, 15) is 13.2 Å². The van der Waals surface area contributed by atoms with Gasteiger partial charge in [-0.2, -0.15) is 0 Å². The summed E-state index contributed by atoms with van der Waals surface area (Å²) in [5.74, 6) is -1.05. The monoisotopic (exact) mass is 299 g/mol. The molecule has 0 bridgehead atoms. The lowest BCUT2D eigenvalue weighted by Gasteiger charge is -2.26. The molecule has 0 saturated heterocycles. The van der Waals surface area contributed by atoms with E-state index in [-0.39, 0.29) is 11.3 Å². The van der Waals surface area contributed by atoms with Crippen molar-refractivity contribution in [3.8, 4) is 0 Å². The van der Waals surface area contributed by atoms with Gasteiger partial charge in [-0.3, -0.25) is 4.79 Å². The average Bonchev–Trinajstić information content (AvgIpc) is 2.38. The van der Waals surface area contributed by atoms with Crippen LogP contribution in [0.1, 0.15) is 24.8 Å². The van der Waals surface area contributed by atoms with Gasteiger partial charge in [0.15, 0.2) is 0 Å². The van der Waals surface area contributed by atoms with Crippen molar-refractivity contribution in [2.75, 3.05) is 6.54 Å². The zero-order chi connectivity index (χ0) is 15.4. The van der Waals surface area contributed by atoms with Crippen molar-refractivity contribution < 1.29 is 13.2 Å². The molecular weight excluding hydrogens is 278 g/mol. The number of aryl methyl sites for hydroxylation is 1. The first-order valence-corrected chi connectivity index (χ1v) is 7.84. The van der Waals surface area contributed by atoms with E-state index in [1.54, 1.807) is 12.1 Å². The molecule has 6 N–H and O–H groups in total. The highest BCUT2D eigenvalue weighted by Crippen LogP contribution is 2.26. The molecule has 0 saturated carbocycles. The number of amides is 1. The first-order valence-electron chi connectivity index (χ1n) is 6.36. The van der Waals surface area contributed by atoms with Crippen LogP contribution in [-0.4, -0.2) is 25.7 Å². The van der Waals surface area contributed by atoms with Crippen molar-refractivity contribution >= 4 is 15.7 Å². The van der Waals surface area contributed by atoms with Crippen molar-refractivity contribution in [3.05, 3.63) is 29.8 Å². The molecule has 1 rings (SSSR count). The van der Waals surface area contributed by atoms with E-state index < -0.39 is 20.6 Å². The smallest absolute Gasteiger partial charge is 0.253 e. The summed E-state index contributed by atoms with van der Waals surface area (Å²) in [5.41, 5.74) is 17.3. The zero-order valence-corrected chi connectivity index (χ0v) is 12.3. The van der Waals surface area contributed by atoms with Crippen LogP contribution in [0, 0.1) is 6.92 Å². The summed E-state index contributed by atoms with van der Waals surface area (Å²) in [4.78, 5) is 9.49. The standard InChI is InChI=1S/C13H21N3O3S/c1-10-4-6-11(7-5-10)20(18,19)13(16,12(15)17)8-2-3-9-14/h4-7H,2-3,8-9,14,16H2,1H3,(H2,15,17)/t13-/m1/s1. The van der Waals surface area contributed by atoms with Crippen LogP contribution >= 0.6 is 0 Å². The quantitative estimate of drug-likeness (QED) is 0.612. The summed E-state index contributed by atoms with van der Waals surface area (Å²) in [5, 5.41) is 0. The van der Waals surface area contributed by atoms with Gasteiger partial charge in [-0.25, -0.2) is 8.42 Å². The summed E-state index contributed by atoms with van der Waals surface area (Å²) in [6, 6.07) is 6.15. The van der Waals surface area contributed by atoms with Gasteiger partial charge in [0, 0.05) is 0 Å². The third-order valence-corrected chi connectivity index (χ3v) is 5.49. The summed E-state index contributed by atoms with van der Waals surface area (Å²) in [6.07, 6.45) is 0.951. The predicted octanol–water partition coefficient (Wildman–Crippen LogP) is 0.0380. The first-order chi connectivity index (χ1) is 9.25. The van der Waals surface area contributed by atoms with Crippen molar-refractivity contribution in [1.82, 2.24) is 0 Å². The molecule has 0 aliphatic rings. The molecule has 0 aliphatic carbocycles.